The summed E-state index contributed by atoms with van der Waals surface area (Å²) in [7, 11) is 0. The molecule has 2 aromatic carbocycles. The average molecular weight is 356 g/mol. The number of halogens is 1. The molecule has 26 heavy (non-hydrogen) atoms. The zero-order chi connectivity index (χ0) is 19.2. The van der Waals surface area contributed by atoms with Gasteiger partial charge < -0.3 is 10.6 Å². The minimum Gasteiger partial charge on any atom is -0.347 e. The molecule has 0 saturated carbocycles. The number of carbonyl (C=O) groups excluding carboxylic acids is 2. The van der Waals surface area contributed by atoms with E-state index in [4.69, 9.17) is 0 Å². The fourth-order valence-electron chi connectivity index (χ4n) is 2.73. The molecule has 0 saturated heterocycles. The first-order chi connectivity index (χ1) is 12.3. The van der Waals surface area contributed by atoms with Crippen molar-refractivity contribution in [3.8, 4) is 0 Å². The molecule has 2 N–H and O–H groups in total. The SMILES string of the molecule is CC(C)(C)C(NC(=O)CNC(=O)Cc1cccc(F)c1)c1ccccc1. The molecule has 0 radical (unpaired) electrons. The quantitative estimate of drug-likeness (QED) is 0.834. The summed E-state index contributed by atoms with van der Waals surface area (Å²) in [6.07, 6.45) is 0.0342. The molecule has 2 rings (SSSR count). The lowest BCUT2D eigenvalue weighted by Gasteiger charge is -2.32. The van der Waals surface area contributed by atoms with E-state index >= 15 is 0 Å². The predicted molar refractivity (Wildman–Crippen MR) is 99.9 cm³/mol. The molecule has 0 aromatic heterocycles. The van der Waals surface area contributed by atoms with Crippen LogP contribution in [-0.2, 0) is 16.0 Å². The number of hydrogen-bond acceptors (Lipinski definition) is 2. The highest BCUT2D eigenvalue weighted by atomic mass is 19.1. The summed E-state index contributed by atoms with van der Waals surface area (Å²) in [5, 5.41) is 5.57. The van der Waals surface area contributed by atoms with Crippen LogP contribution >= 0.6 is 0 Å². The van der Waals surface area contributed by atoms with Gasteiger partial charge in [0.15, 0.2) is 0 Å². The van der Waals surface area contributed by atoms with Gasteiger partial charge in [-0.2, -0.15) is 0 Å². The van der Waals surface area contributed by atoms with Gasteiger partial charge in [-0.15, -0.1) is 0 Å². The topological polar surface area (TPSA) is 58.2 Å². The normalized spacial score (nSPS) is 12.3. The van der Waals surface area contributed by atoms with Crippen LogP contribution in [0, 0.1) is 11.2 Å². The molecule has 1 unspecified atom stereocenters. The molecule has 1 atom stereocenters. The summed E-state index contributed by atoms with van der Waals surface area (Å²) < 4.78 is 13.2. The lowest BCUT2D eigenvalue weighted by Crippen LogP contribution is -2.42. The molecule has 0 aliphatic rings. The van der Waals surface area contributed by atoms with Gasteiger partial charge in [0.2, 0.25) is 11.8 Å². The second-order valence-corrected chi connectivity index (χ2v) is 7.36. The monoisotopic (exact) mass is 356 g/mol. The Morgan fingerprint density at radius 1 is 1.00 bits per heavy atom. The van der Waals surface area contributed by atoms with Crippen LogP contribution in [0.1, 0.15) is 37.9 Å². The van der Waals surface area contributed by atoms with E-state index in [-0.39, 0.29) is 42.1 Å². The van der Waals surface area contributed by atoms with Gasteiger partial charge in [-0.3, -0.25) is 9.59 Å². The molecule has 138 valence electrons. The lowest BCUT2D eigenvalue weighted by molar-refractivity contribution is -0.126. The Labute approximate surface area is 153 Å². The number of rotatable bonds is 6. The van der Waals surface area contributed by atoms with Crippen LogP contribution in [-0.4, -0.2) is 18.4 Å². The highest BCUT2D eigenvalue weighted by molar-refractivity contribution is 5.85. The fraction of sp³-hybridized carbons (Fsp3) is 0.333. The Balaban J connectivity index is 1.91. The first-order valence-corrected chi connectivity index (χ1v) is 8.61. The van der Waals surface area contributed by atoms with Crippen molar-refractivity contribution in [3.63, 3.8) is 0 Å². The first-order valence-electron chi connectivity index (χ1n) is 8.61. The standard InChI is InChI=1S/C21H25FN2O2/c1-21(2,3)20(16-9-5-4-6-10-16)24-19(26)14-23-18(25)13-15-8-7-11-17(22)12-15/h4-12,20H,13-14H2,1-3H3,(H,23,25)(H,24,26). The second kappa shape index (κ2) is 8.61. The third-order valence-electron chi connectivity index (χ3n) is 4.00. The maximum atomic E-state index is 13.2. The van der Waals surface area contributed by atoms with Gasteiger partial charge in [-0.1, -0.05) is 63.2 Å². The zero-order valence-corrected chi connectivity index (χ0v) is 15.4. The van der Waals surface area contributed by atoms with E-state index in [9.17, 15) is 14.0 Å². The molecule has 0 heterocycles. The van der Waals surface area contributed by atoms with E-state index < -0.39 is 0 Å². The van der Waals surface area contributed by atoms with Crippen molar-refractivity contribution in [2.75, 3.05) is 6.54 Å². The van der Waals surface area contributed by atoms with Crippen LogP contribution in [0.5, 0.6) is 0 Å². The third kappa shape index (κ3) is 5.99. The van der Waals surface area contributed by atoms with Gasteiger partial charge >= 0.3 is 0 Å². The van der Waals surface area contributed by atoms with E-state index in [0.29, 0.717) is 5.56 Å². The molecule has 2 aromatic rings. The van der Waals surface area contributed by atoms with Crippen LogP contribution in [0.3, 0.4) is 0 Å². The van der Waals surface area contributed by atoms with E-state index in [1.165, 1.54) is 12.1 Å². The Morgan fingerprint density at radius 3 is 2.31 bits per heavy atom. The summed E-state index contributed by atoms with van der Waals surface area (Å²) in [5.41, 5.74) is 1.40. The van der Waals surface area contributed by atoms with Crippen molar-refractivity contribution in [2.24, 2.45) is 5.41 Å². The fourth-order valence-corrected chi connectivity index (χ4v) is 2.73. The highest BCUT2D eigenvalue weighted by Crippen LogP contribution is 2.32. The van der Waals surface area contributed by atoms with Gasteiger partial charge in [0.25, 0.3) is 0 Å². The summed E-state index contributed by atoms with van der Waals surface area (Å²) in [6, 6.07) is 15.4. The third-order valence-corrected chi connectivity index (χ3v) is 4.00. The van der Waals surface area contributed by atoms with Gasteiger partial charge in [-0.25, -0.2) is 4.39 Å². The molecule has 0 fully saturated rings. The second-order valence-electron chi connectivity index (χ2n) is 7.36. The van der Waals surface area contributed by atoms with Crippen LogP contribution in [0.15, 0.2) is 54.6 Å². The van der Waals surface area contributed by atoms with Gasteiger partial charge in [0.05, 0.1) is 19.0 Å². The molecule has 0 aliphatic heterocycles. The van der Waals surface area contributed by atoms with Crippen LogP contribution in [0.25, 0.3) is 0 Å². The van der Waals surface area contributed by atoms with E-state index in [1.54, 1.807) is 12.1 Å². The van der Waals surface area contributed by atoms with Gasteiger partial charge in [-0.05, 0) is 28.7 Å². The number of benzene rings is 2. The number of amides is 2. The van der Waals surface area contributed by atoms with Crippen molar-refractivity contribution in [1.29, 1.82) is 0 Å². The van der Waals surface area contributed by atoms with Crippen LogP contribution < -0.4 is 10.6 Å². The molecule has 0 bridgehead atoms. The maximum Gasteiger partial charge on any atom is 0.239 e. The molecular weight excluding hydrogens is 331 g/mol. The van der Waals surface area contributed by atoms with E-state index in [0.717, 1.165) is 5.56 Å². The number of hydrogen-bond donors (Lipinski definition) is 2. The van der Waals surface area contributed by atoms with Crippen molar-refractivity contribution < 1.29 is 14.0 Å². The zero-order valence-electron chi connectivity index (χ0n) is 15.4. The largest absolute Gasteiger partial charge is 0.347 e. The minimum atomic E-state index is -0.385. The Kier molecular flexibility index (Phi) is 6.50. The van der Waals surface area contributed by atoms with Gasteiger partial charge in [0.1, 0.15) is 5.82 Å². The summed E-state index contributed by atoms with van der Waals surface area (Å²) in [6.45, 7) is 6.03. The summed E-state index contributed by atoms with van der Waals surface area (Å²) in [5.74, 6) is -0.969. The van der Waals surface area contributed by atoms with Crippen molar-refractivity contribution >= 4 is 11.8 Å². The first kappa shape index (κ1) is 19.6. The Hall–Kier alpha value is -2.69. The molecule has 2 amide bonds. The summed E-state index contributed by atoms with van der Waals surface area (Å²) in [4.78, 5) is 24.3. The van der Waals surface area contributed by atoms with Gasteiger partial charge in [0, 0.05) is 0 Å². The van der Waals surface area contributed by atoms with Crippen LogP contribution in [0.2, 0.25) is 0 Å². The Morgan fingerprint density at radius 2 is 1.69 bits per heavy atom. The van der Waals surface area contributed by atoms with Crippen molar-refractivity contribution in [1.82, 2.24) is 10.6 Å². The van der Waals surface area contributed by atoms with Crippen molar-refractivity contribution in [2.45, 2.75) is 33.2 Å². The number of carbonyl (C=O) groups is 2. The predicted octanol–water partition coefficient (Wildman–Crippen LogP) is 3.39. The average Bonchev–Trinajstić information content (AvgIpc) is 2.57. The molecule has 5 heteroatoms. The number of nitrogens with one attached hydrogen (secondary N) is 2. The van der Waals surface area contributed by atoms with Crippen LogP contribution in [0.4, 0.5) is 4.39 Å². The maximum absolute atomic E-state index is 13.2. The molecule has 0 aliphatic carbocycles. The minimum absolute atomic E-state index is 0.0342. The lowest BCUT2D eigenvalue weighted by atomic mass is 9.82. The van der Waals surface area contributed by atoms with Crippen molar-refractivity contribution in [3.05, 3.63) is 71.5 Å². The Bertz CT molecular complexity index is 754. The highest BCUT2D eigenvalue weighted by Gasteiger charge is 2.27. The molecular formula is C21H25FN2O2. The molecule has 4 nitrogen and oxygen atoms in total. The summed E-state index contributed by atoms with van der Waals surface area (Å²) >= 11 is 0. The van der Waals surface area contributed by atoms with E-state index in [1.807, 2.05) is 51.1 Å². The van der Waals surface area contributed by atoms with E-state index in [2.05, 4.69) is 10.6 Å². The smallest absolute Gasteiger partial charge is 0.239 e. The molecule has 0 spiro atoms.